The summed E-state index contributed by atoms with van der Waals surface area (Å²) in [6, 6.07) is 0.848. The average Bonchev–Trinajstić information content (AvgIpc) is 2.28. The Morgan fingerprint density at radius 3 is 1.19 bits per heavy atom. The highest BCUT2D eigenvalue weighted by molar-refractivity contribution is 4.67. The Kier molecular flexibility index (Phi) is 7.92. The summed E-state index contributed by atoms with van der Waals surface area (Å²) < 4.78 is 0. The van der Waals surface area contributed by atoms with Crippen LogP contribution in [0.25, 0.3) is 0 Å². The molecule has 0 spiro atoms. The average molecular weight is 225 g/mol. The second-order valence-electron chi connectivity index (χ2n) is 5.73. The van der Waals surface area contributed by atoms with Crippen LogP contribution in [-0.4, -0.2) is 25.0 Å². The van der Waals surface area contributed by atoms with Crippen LogP contribution in [0.2, 0.25) is 0 Å². The number of rotatable bonds is 1. The van der Waals surface area contributed by atoms with Crippen LogP contribution in [0, 0.1) is 0 Å². The van der Waals surface area contributed by atoms with Crippen LogP contribution in [-0.2, 0) is 0 Å². The van der Waals surface area contributed by atoms with Crippen LogP contribution < -0.4 is 0 Å². The highest BCUT2D eigenvalue weighted by atomic mass is 15.1. The van der Waals surface area contributed by atoms with Gasteiger partial charge in [-0.15, -0.1) is 0 Å². The largest absolute Gasteiger partial charge is 0.306 e. The van der Waals surface area contributed by atoms with Crippen molar-refractivity contribution >= 4 is 0 Å². The molecular weight excluding hydrogens is 194 g/mol. The maximum Gasteiger partial charge on any atom is 0.00891 e. The second-order valence-corrected chi connectivity index (χ2v) is 5.73. The molecule has 0 aromatic carbocycles. The van der Waals surface area contributed by atoms with Crippen LogP contribution in [0.3, 0.4) is 0 Å². The first-order valence-electron chi connectivity index (χ1n) is 7.47. The first-order valence-corrected chi connectivity index (χ1v) is 7.47. The molecule has 0 aromatic heterocycles. The molecule has 1 saturated carbocycles. The van der Waals surface area contributed by atoms with Gasteiger partial charge in [0.05, 0.1) is 0 Å². The normalized spacial score (nSPS) is 23.4. The van der Waals surface area contributed by atoms with E-state index in [0.717, 1.165) is 6.04 Å². The molecule has 0 radical (unpaired) electrons. The van der Waals surface area contributed by atoms with Crippen molar-refractivity contribution in [2.24, 2.45) is 0 Å². The van der Waals surface area contributed by atoms with Gasteiger partial charge >= 0.3 is 0 Å². The third kappa shape index (κ3) is 6.52. The zero-order valence-corrected chi connectivity index (χ0v) is 11.5. The number of nitrogens with zero attached hydrogens (tertiary/aromatic N) is 1. The zero-order valence-electron chi connectivity index (χ0n) is 11.5. The smallest absolute Gasteiger partial charge is 0.00891 e. The summed E-state index contributed by atoms with van der Waals surface area (Å²) in [6.45, 7) is 0. The van der Waals surface area contributed by atoms with Crippen molar-refractivity contribution in [1.82, 2.24) is 4.90 Å². The van der Waals surface area contributed by atoms with Crippen molar-refractivity contribution in [2.45, 2.75) is 83.1 Å². The SMILES string of the molecule is CN(C)C1CCCCCCCCCCCC1. The second kappa shape index (κ2) is 9.04. The Morgan fingerprint density at radius 2 is 0.875 bits per heavy atom. The minimum atomic E-state index is 0.848. The van der Waals surface area contributed by atoms with E-state index in [1.54, 1.807) is 0 Å². The number of hydrogen-bond donors (Lipinski definition) is 0. The van der Waals surface area contributed by atoms with Crippen LogP contribution in [0.1, 0.15) is 77.0 Å². The third-order valence-electron chi connectivity index (χ3n) is 4.05. The fraction of sp³-hybridized carbons (Fsp3) is 1.00. The van der Waals surface area contributed by atoms with Crippen molar-refractivity contribution in [3.05, 3.63) is 0 Å². The maximum atomic E-state index is 2.44. The lowest BCUT2D eigenvalue weighted by atomic mass is 10.0. The minimum Gasteiger partial charge on any atom is -0.306 e. The highest BCUT2D eigenvalue weighted by Crippen LogP contribution is 2.18. The van der Waals surface area contributed by atoms with Crippen LogP contribution >= 0.6 is 0 Å². The molecular formula is C15H31N. The summed E-state index contributed by atoms with van der Waals surface area (Å²) in [5.74, 6) is 0. The van der Waals surface area contributed by atoms with Crippen LogP contribution in [0.15, 0.2) is 0 Å². The van der Waals surface area contributed by atoms with Crippen LogP contribution in [0.4, 0.5) is 0 Å². The Balaban J connectivity index is 2.26. The molecule has 1 heteroatoms. The van der Waals surface area contributed by atoms with Gasteiger partial charge in [0, 0.05) is 6.04 Å². The molecule has 1 aliphatic carbocycles. The van der Waals surface area contributed by atoms with E-state index < -0.39 is 0 Å². The van der Waals surface area contributed by atoms with E-state index in [0.29, 0.717) is 0 Å². The Labute approximate surface area is 103 Å². The van der Waals surface area contributed by atoms with E-state index in [-0.39, 0.29) is 0 Å². The topological polar surface area (TPSA) is 3.24 Å². The van der Waals surface area contributed by atoms with Gasteiger partial charge in [0.25, 0.3) is 0 Å². The Hall–Kier alpha value is -0.0400. The van der Waals surface area contributed by atoms with Gasteiger partial charge in [-0.05, 0) is 26.9 Å². The highest BCUT2D eigenvalue weighted by Gasteiger charge is 2.10. The molecule has 0 heterocycles. The van der Waals surface area contributed by atoms with E-state index in [9.17, 15) is 0 Å². The predicted octanol–water partition coefficient (Wildman–Crippen LogP) is 4.61. The molecule has 0 atom stereocenters. The minimum absolute atomic E-state index is 0.848. The lowest BCUT2D eigenvalue weighted by Gasteiger charge is -2.24. The van der Waals surface area contributed by atoms with E-state index in [1.807, 2.05) is 0 Å². The van der Waals surface area contributed by atoms with Gasteiger partial charge in [0.1, 0.15) is 0 Å². The van der Waals surface area contributed by atoms with E-state index in [1.165, 1.54) is 77.0 Å². The quantitative estimate of drug-likeness (QED) is 0.630. The Bertz CT molecular complexity index is 140. The first kappa shape index (κ1) is 14.0. The summed E-state index contributed by atoms with van der Waals surface area (Å²) in [5, 5.41) is 0. The van der Waals surface area contributed by atoms with Crippen molar-refractivity contribution < 1.29 is 0 Å². The van der Waals surface area contributed by atoms with Crippen molar-refractivity contribution in [2.75, 3.05) is 14.1 Å². The monoisotopic (exact) mass is 225 g/mol. The van der Waals surface area contributed by atoms with Crippen LogP contribution in [0.5, 0.6) is 0 Å². The molecule has 0 unspecified atom stereocenters. The molecule has 0 aliphatic heterocycles. The van der Waals surface area contributed by atoms with Gasteiger partial charge in [0.15, 0.2) is 0 Å². The molecule has 1 rings (SSSR count). The molecule has 1 fully saturated rings. The van der Waals surface area contributed by atoms with Crippen molar-refractivity contribution in [1.29, 1.82) is 0 Å². The van der Waals surface area contributed by atoms with Gasteiger partial charge in [-0.1, -0.05) is 64.2 Å². The first-order chi connectivity index (χ1) is 7.80. The summed E-state index contributed by atoms with van der Waals surface area (Å²) >= 11 is 0. The molecule has 1 aliphatic rings. The summed E-state index contributed by atoms with van der Waals surface area (Å²) in [5.41, 5.74) is 0. The lowest BCUT2D eigenvalue weighted by molar-refractivity contribution is 0.252. The molecule has 0 saturated heterocycles. The molecule has 0 bridgehead atoms. The van der Waals surface area contributed by atoms with Crippen molar-refractivity contribution in [3.63, 3.8) is 0 Å². The zero-order chi connectivity index (χ0) is 11.6. The summed E-state index contributed by atoms with van der Waals surface area (Å²) in [7, 11) is 4.51. The number of hydrogen-bond acceptors (Lipinski definition) is 1. The maximum absolute atomic E-state index is 2.44. The third-order valence-corrected chi connectivity index (χ3v) is 4.05. The van der Waals surface area contributed by atoms with Crippen molar-refractivity contribution in [3.8, 4) is 0 Å². The van der Waals surface area contributed by atoms with E-state index in [2.05, 4.69) is 19.0 Å². The summed E-state index contributed by atoms with van der Waals surface area (Å²) in [6.07, 6.45) is 17.5. The fourth-order valence-electron chi connectivity index (χ4n) is 2.83. The standard InChI is InChI=1S/C15H31N/c1-16(2)15-13-11-9-7-5-3-4-6-8-10-12-14-15/h15H,3-14H2,1-2H3. The van der Waals surface area contributed by atoms with Gasteiger partial charge in [0.2, 0.25) is 0 Å². The molecule has 1 nitrogen and oxygen atoms in total. The molecule has 96 valence electrons. The Morgan fingerprint density at radius 1 is 0.562 bits per heavy atom. The van der Waals surface area contributed by atoms with Gasteiger partial charge in [-0.2, -0.15) is 0 Å². The van der Waals surface area contributed by atoms with Gasteiger partial charge in [-0.25, -0.2) is 0 Å². The molecule has 0 aromatic rings. The fourth-order valence-corrected chi connectivity index (χ4v) is 2.83. The summed E-state index contributed by atoms with van der Waals surface area (Å²) in [4.78, 5) is 2.44. The molecule has 0 N–H and O–H groups in total. The van der Waals surface area contributed by atoms with Gasteiger partial charge in [-0.3, -0.25) is 0 Å². The molecule has 16 heavy (non-hydrogen) atoms. The molecule has 0 amide bonds. The van der Waals surface area contributed by atoms with E-state index >= 15 is 0 Å². The lowest BCUT2D eigenvalue weighted by Crippen LogP contribution is -2.27. The predicted molar refractivity (Wildman–Crippen MR) is 72.9 cm³/mol. The van der Waals surface area contributed by atoms with E-state index in [4.69, 9.17) is 0 Å². The van der Waals surface area contributed by atoms with Gasteiger partial charge < -0.3 is 4.90 Å².